The third kappa shape index (κ3) is 2.97. The lowest BCUT2D eigenvalue weighted by molar-refractivity contribution is -0.139. The van der Waals surface area contributed by atoms with Crippen LogP contribution in [0.5, 0.6) is 0 Å². The van der Waals surface area contributed by atoms with Gasteiger partial charge in [-0.1, -0.05) is 41.5 Å². The summed E-state index contributed by atoms with van der Waals surface area (Å²) in [7, 11) is 0. The van der Waals surface area contributed by atoms with Crippen molar-refractivity contribution < 1.29 is 14.7 Å². The second-order valence-electron chi connectivity index (χ2n) is 6.15. The Balaban J connectivity index is 1.95. The van der Waals surface area contributed by atoms with Crippen LogP contribution in [0.25, 0.3) is 0 Å². The molecule has 0 saturated heterocycles. The fourth-order valence-corrected chi connectivity index (χ4v) is 3.25. The van der Waals surface area contributed by atoms with Gasteiger partial charge < -0.3 is 10.0 Å². The quantitative estimate of drug-likeness (QED) is 0.927. The van der Waals surface area contributed by atoms with Crippen molar-refractivity contribution in [3.8, 4) is 0 Å². The predicted molar refractivity (Wildman–Crippen MR) is 87.5 cm³/mol. The molecule has 1 N–H and O–H groups in total. The van der Waals surface area contributed by atoms with E-state index in [9.17, 15) is 14.7 Å². The molecule has 2 aromatic rings. The van der Waals surface area contributed by atoms with Gasteiger partial charge in [-0.05, 0) is 37.1 Å². The molecule has 118 valence electrons. The summed E-state index contributed by atoms with van der Waals surface area (Å²) in [5.74, 6) is -1.68. The van der Waals surface area contributed by atoms with Gasteiger partial charge in [0.05, 0.1) is 5.92 Å². The van der Waals surface area contributed by atoms with Gasteiger partial charge in [-0.25, -0.2) is 0 Å². The van der Waals surface area contributed by atoms with Crippen molar-refractivity contribution in [1.82, 2.24) is 4.90 Å². The molecular formula is C19H19NO3. The van der Waals surface area contributed by atoms with Gasteiger partial charge in [0.2, 0.25) is 0 Å². The zero-order valence-electron chi connectivity index (χ0n) is 13.2. The normalized spacial score (nSPS) is 16.8. The molecule has 0 radical (unpaired) electrons. The van der Waals surface area contributed by atoms with E-state index in [1.165, 1.54) is 0 Å². The number of aryl methyl sites for hydroxylation is 2. The van der Waals surface area contributed by atoms with Crippen molar-refractivity contribution in [1.29, 1.82) is 0 Å². The lowest BCUT2D eigenvalue weighted by Gasteiger charge is -2.33. The smallest absolute Gasteiger partial charge is 0.312 e. The minimum Gasteiger partial charge on any atom is -0.481 e. The van der Waals surface area contributed by atoms with E-state index in [1.807, 2.05) is 56.3 Å². The van der Waals surface area contributed by atoms with Gasteiger partial charge in [-0.2, -0.15) is 0 Å². The topological polar surface area (TPSA) is 57.6 Å². The summed E-state index contributed by atoms with van der Waals surface area (Å²) in [6.07, 6.45) is 0. The third-order valence-electron chi connectivity index (χ3n) is 4.25. The highest BCUT2D eigenvalue weighted by Gasteiger charge is 2.32. The zero-order valence-corrected chi connectivity index (χ0v) is 13.2. The van der Waals surface area contributed by atoms with Crippen LogP contribution in [0, 0.1) is 13.8 Å². The minimum absolute atomic E-state index is 0.113. The maximum Gasteiger partial charge on any atom is 0.312 e. The fraction of sp³-hybridized carbons (Fsp3) is 0.263. The van der Waals surface area contributed by atoms with E-state index in [2.05, 4.69) is 0 Å². The summed E-state index contributed by atoms with van der Waals surface area (Å²) in [6, 6.07) is 13.2. The van der Waals surface area contributed by atoms with Crippen LogP contribution in [-0.4, -0.2) is 28.4 Å². The molecule has 0 spiro atoms. The van der Waals surface area contributed by atoms with Crippen molar-refractivity contribution >= 4 is 11.9 Å². The zero-order chi connectivity index (χ0) is 16.6. The predicted octanol–water partition coefficient (Wildman–Crippen LogP) is 3.13. The molecule has 0 bridgehead atoms. The van der Waals surface area contributed by atoms with Crippen LogP contribution in [0.15, 0.2) is 42.5 Å². The van der Waals surface area contributed by atoms with Crippen molar-refractivity contribution in [3.63, 3.8) is 0 Å². The Morgan fingerprint density at radius 2 is 1.74 bits per heavy atom. The summed E-state index contributed by atoms with van der Waals surface area (Å²) in [4.78, 5) is 26.0. The van der Waals surface area contributed by atoms with Gasteiger partial charge in [0, 0.05) is 18.7 Å². The number of benzene rings is 2. The number of hydrogen-bond donors (Lipinski definition) is 1. The van der Waals surface area contributed by atoms with Gasteiger partial charge in [0.25, 0.3) is 5.91 Å². The van der Waals surface area contributed by atoms with Crippen LogP contribution in [0.3, 0.4) is 0 Å². The average Bonchev–Trinajstić information content (AvgIpc) is 2.52. The molecular weight excluding hydrogens is 290 g/mol. The Morgan fingerprint density at radius 1 is 1.09 bits per heavy atom. The first kappa shape index (κ1) is 15.3. The Kier molecular flexibility index (Phi) is 3.90. The molecule has 23 heavy (non-hydrogen) atoms. The van der Waals surface area contributed by atoms with E-state index in [-0.39, 0.29) is 12.5 Å². The van der Waals surface area contributed by atoms with E-state index < -0.39 is 11.9 Å². The van der Waals surface area contributed by atoms with Crippen molar-refractivity contribution in [2.75, 3.05) is 6.54 Å². The Labute approximate surface area is 135 Å². The first-order chi connectivity index (χ1) is 11.0. The molecule has 0 aromatic heterocycles. The van der Waals surface area contributed by atoms with Gasteiger partial charge >= 0.3 is 5.97 Å². The van der Waals surface area contributed by atoms with Crippen LogP contribution in [0.4, 0.5) is 0 Å². The maximum absolute atomic E-state index is 12.8. The molecule has 1 aliphatic heterocycles. The van der Waals surface area contributed by atoms with E-state index in [0.717, 1.165) is 22.3 Å². The van der Waals surface area contributed by atoms with E-state index in [0.29, 0.717) is 12.1 Å². The van der Waals surface area contributed by atoms with Crippen LogP contribution >= 0.6 is 0 Å². The number of carboxylic acid groups (broad SMARTS) is 1. The molecule has 1 unspecified atom stereocenters. The molecule has 1 heterocycles. The van der Waals surface area contributed by atoms with Crippen LogP contribution in [0.2, 0.25) is 0 Å². The van der Waals surface area contributed by atoms with Crippen LogP contribution < -0.4 is 0 Å². The second-order valence-corrected chi connectivity index (χ2v) is 6.15. The monoisotopic (exact) mass is 309 g/mol. The van der Waals surface area contributed by atoms with Crippen molar-refractivity contribution in [2.45, 2.75) is 26.3 Å². The Morgan fingerprint density at radius 3 is 2.39 bits per heavy atom. The first-order valence-corrected chi connectivity index (χ1v) is 7.64. The fourth-order valence-electron chi connectivity index (χ4n) is 3.25. The molecule has 1 aliphatic rings. The number of nitrogens with zero attached hydrogens (tertiary/aromatic N) is 1. The first-order valence-electron chi connectivity index (χ1n) is 7.64. The van der Waals surface area contributed by atoms with Crippen LogP contribution in [-0.2, 0) is 11.3 Å². The van der Waals surface area contributed by atoms with E-state index in [1.54, 1.807) is 4.90 Å². The number of carbonyl (C=O) groups excluding carboxylic acids is 1. The molecule has 3 rings (SSSR count). The number of carbonyl (C=O) groups is 2. The van der Waals surface area contributed by atoms with Gasteiger partial charge in [0.15, 0.2) is 0 Å². The van der Waals surface area contributed by atoms with E-state index >= 15 is 0 Å². The number of hydrogen-bond acceptors (Lipinski definition) is 2. The maximum atomic E-state index is 12.8. The highest BCUT2D eigenvalue weighted by Crippen LogP contribution is 2.29. The molecule has 2 aromatic carbocycles. The molecule has 0 fully saturated rings. The number of fused-ring (bicyclic) bond motifs is 1. The Hall–Kier alpha value is -2.62. The largest absolute Gasteiger partial charge is 0.481 e. The van der Waals surface area contributed by atoms with Gasteiger partial charge in [-0.3, -0.25) is 9.59 Å². The Bertz CT molecular complexity index is 762. The molecule has 1 amide bonds. The highest BCUT2D eigenvalue weighted by molar-refractivity contribution is 5.95. The van der Waals surface area contributed by atoms with Crippen molar-refractivity contribution in [3.05, 3.63) is 70.3 Å². The summed E-state index contributed by atoms with van der Waals surface area (Å²) >= 11 is 0. The lowest BCUT2D eigenvalue weighted by atomic mass is 9.89. The summed E-state index contributed by atoms with van der Waals surface area (Å²) in [5, 5.41) is 9.51. The molecule has 4 heteroatoms. The second kappa shape index (κ2) is 5.88. The van der Waals surface area contributed by atoms with Gasteiger partial charge in [-0.15, -0.1) is 0 Å². The number of aliphatic carboxylic acids is 1. The molecule has 0 saturated carbocycles. The van der Waals surface area contributed by atoms with Crippen molar-refractivity contribution in [2.24, 2.45) is 0 Å². The minimum atomic E-state index is -0.893. The number of rotatable bonds is 2. The van der Waals surface area contributed by atoms with E-state index in [4.69, 9.17) is 0 Å². The summed E-state index contributed by atoms with van der Waals surface area (Å²) in [5.41, 5.74) is 4.39. The lowest BCUT2D eigenvalue weighted by Crippen LogP contribution is -2.40. The number of amides is 1. The standard InChI is InChI=1S/C19H19NO3/c1-12-7-13(2)9-15(8-12)18(21)20-10-14-5-3-4-6-16(14)17(11-20)19(22)23/h3-9,17H,10-11H2,1-2H3,(H,22,23). The molecule has 0 aliphatic carbocycles. The highest BCUT2D eigenvalue weighted by atomic mass is 16.4. The number of carboxylic acids is 1. The van der Waals surface area contributed by atoms with Gasteiger partial charge in [0.1, 0.15) is 0 Å². The summed E-state index contributed by atoms with van der Waals surface area (Å²) in [6.45, 7) is 4.56. The third-order valence-corrected chi connectivity index (χ3v) is 4.25. The SMILES string of the molecule is Cc1cc(C)cc(C(=O)N2Cc3ccccc3C(C(=O)O)C2)c1. The molecule has 1 atom stereocenters. The van der Waals surface area contributed by atoms with Crippen LogP contribution in [0.1, 0.15) is 38.5 Å². The average molecular weight is 309 g/mol. The molecule has 4 nitrogen and oxygen atoms in total. The summed E-state index contributed by atoms with van der Waals surface area (Å²) < 4.78 is 0.